The maximum absolute atomic E-state index is 13.7. The van der Waals surface area contributed by atoms with E-state index in [1.807, 2.05) is 0 Å². The van der Waals surface area contributed by atoms with Crippen molar-refractivity contribution < 1.29 is 36.9 Å². The first-order chi connectivity index (χ1) is 17.3. The van der Waals surface area contributed by atoms with Crippen molar-refractivity contribution in [2.24, 2.45) is 0 Å². The second kappa shape index (κ2) is 11.6. The lowest BCUT2D eigenvalue weighted by molar-refractivity contribution is 0.104. The van der Waals surface area contributed by atoms with Crippen molar-refractivity contribution in [2.75, 3.05) is 35.5 Å². The Bertz CT molecular complexity index is 1320. The SMILES string of the molecule is COc1ccc(CS(=O)(=O)/C(=C/c2c(OC)cc(OC)cc2OC)C(=O)c2ccc(OC)cc2)cc1. The van der Waals surface area contributed by atoms with Crippen molar-refractivity contribution in [3.63, 3.8) is 0 Å². The minimum absolute atomic E-state index is 0.187. The van der Waals surface area contributed by atoms with Gasteiger partial charge in [-0.1, -0.05) is 12.1 Å². The van der Waals surface area contributed by atoms with Crippen LogP contribution in [0, 0.1) is 0 Å². The highest BCUT2D eigenvalue weighted by Crippen LogP contribution is 2.37. The van der Waals surface area contributed by atoms with Crippen molar-refractivity contribution >= 4 is 21.7 Å². The van der Waals surface area contributed by atoms with E-state index in [9.17, 15) is 13.2 Å². The molecule has 8 nitrogen and oxygen atoms in total. The summed E-state index contributed by atoms with van der Waals surface area (Å²) in [6.07, 6.45) is 1.28. The summed E-state index contributed by atoms with van der Waals surface area (Å²) in [6.45, 7) is 0. The van der Waals surface area contributed by atoms with Gasteiger partial charge in [-0.25, -0.2) is 8.42 Å². The zero-order valence-corrected chi connectivity index (χ0v) is 21.5. The molecule has 36 heavy (non-hydrogen) atoms. The van der Waals surface area contributed by atoms with Gasteiger partial charge in [0.25, 0.3) is 0 Å². The van der Waals surface area contributed by atoms with E-state index in [0.717, 1.165) is 0 Å². The number of carbonyl (C=O) groups is 1. The van der Waals surface area contributed by atoms with Gasteiger partial charge in [-0.15, -0.1) is 0 Å². The van der Waals surface area contributed by atoms with E-state index in [4.69, 9.17) is 23.7 Å². The van der Waals surface area contributed by atoms with E-state index in [1.54, 1.807) is 48.5 Å². The number of Topliss-reactive ketones (excluding diaryl/α,β-unsaturated/α-hetero) is 1. The maximum Gasteiger partial charge on any atom is 0.204 e. The molecule has 3 rings (SSSR count). The normalized spacial score (nSPS) is 11.5. The monoisotopic (exact) mass is 512 g/mol. The molecule has 9 heteroatoms. The summed E-state index contributed by atoms with van der Waals surface area (Å²) >= 11 is 0. The summed E-state index contributed by atoms with van der Waals surface area (Å²) in [6, 6.07) is 16.0. The quantitative estimate of drug-likeness (QED) is 0.272. The van der Waals surface area contributed by atoms with E-state index in [0.29, 0.717) is 22.8 Å². The number of sulfone groups is 1. The maximum atomic E-state index is 13.7. The van der Waals surface area contributed by atoms with E-state index in [2.05, 4.69) is 0 Å². The largest absolute Gasteiger partial charge is 0.497 e. The van der Waals surface area contributed by atoms with Crippen LogP contribution in [-0.2, 0) is 15.6 Å². The number of hydrogen-bond donors (Lipinski definition) is 0. The van der Waals surface area contributed by atoms with Crippen LogP contribution >= 0.6 is 0 Å². The molecule has 0 aliphatic carbocycles. The highest BCUT2D eigenvalue weighted by molar-refractivity contribution is 7.95. The molecule has 3 aromatic rings. The summed E-state index contributed by atoms with van der Waals surface area (Å²) in [5, 5.41) is 0. The molecule has 0 bridgehead atoms. The number of allylic oxidation sites excluding steroid dienone is 1. The van der Waals surface area contributed by atoms with E-state index < -0.39 is 26.3 Å². The van der Waals surface area contributed by atoms with Gasteiger partial charge in [0.2, 0.25) is 5.78 Å². The number of ether oxygens (including phenoxy) is 5. The molecule has 0 saturated carbocycles. The van der Waals surface area contributed by atoms with Crippen LogP contribution < -0.4 is 23.7 Å². The van der Waals surface area contributed by atoms with E-state index in [1.165, 1.54) is 53.8 Å². The summed E-state index contributed by atoms with van der Waals surface area (Å²) in [7, 11) is 3.26. The molecule has 0 radical (unpaired) electrons. The van der Waals surface area contributed by atoms with Crippen LogP contribution in [0.2, 0.25) is 0 Å². The average molecular weight is 513 g/mol. The topological polar surface area (TPSA) is 97.4 Å². The van der Waals surface area contributed by atoms with Crippen LogP contribution in [0.1, 0.15) is 21.5 Å². The Morgan fingerprint density at radius 3 is 1.61 bits per heavy atom. The Morgan fingerprint density at radius 1 is 0.694 bits per heavy atom. The van der Waals surface area contributed by atoms with Crippen LogP contribution in [0.4, 0.5) is 0 Å². The van der Waals surface area contributed by atoms with Gasteiger partial charge in [-0.05, 0) is 48.0 Å². The third-order valence-electron chi connectivity index (χ3n) is 5.46. The zero-order chi connectivity index (χ0) is 26.3. The zero-order valence-electron chi connectivity index (χ0n) is 20.7. The molecule has 0 aliphatic rings. The van der Waals surface area contributed by atoms with Crippen molar-refractivity contribution in [3.8, 4) is 28.7 Å². The Hall–Kier alpha value is -3.98. The number of hydrogen-bond acceptors (Lipinski definition) is 8. The first-order valence-electron chi connectivity index (χ1n) is 10.8. The summed E-state index contributed by atoms with van der Waals surface area (Å²) < 4.78 is 53.8. The first kappa shape index (κ1) is 26.6. The lowest BCUT2D eigenvalue weighted by Gasteiger charge is -2.15. The van der Waals surface area contributed by atoms with Crippen LogP contribution in [0.3, 0.4) is 0 Å². The van der Waals surface area contributed by atoms with Gasteiger partial charge in [0.15, 0.2) is 9.84 Å². The number of rotatable bonds is 11. The number of ketones is 1. The molecule has 0 N–H and O–H groups in total. The van der Waals surface area contributed by atoms with Crippen LogP contribution in [-0.4, -0.2) is 49.8 Å². The highest BCUT2D eigenvalue weighted by atomic mass is 32.2. The van der Waals surface area contributed by atoms with Crippen molar-refractivity contribution in [1.29, 1.82) is 0 Å². The predicted octanol–water partition coefficient (Wildman–Crippen LogP) is 4.57. The Morgan fingerprint density at radius 2 is 1.17 bits per heavy atom. The van der Waals surface area contributed by atoms with Gasteiger partial charge in [-0.2, -0.15) is 0 Å². The lowest BCUT2D eigenvalue weighted by atomic mass is 10.1. The summed E-state index contributed by atoms with van der Waals surface area (Å²) in [5.41, 5.74) is 0.973. The van der Waals surface area contributed by atoms with Gasteiger partial charge in [0, 0.05) is 17.7 Å². The molecule has 190 valence electrons. The third-order valence-corrected chi connectivity index (χ3v) is 7.14. The fourth-order valence-electron chi connectivity index (χ4n) is 3.51. The molecule has 3 aromatic carbocycles. The minimum Gasteiger partial charge on any atom is -0.497 e. The molecule has 0 unspecified atom stereocenters. The van der Waals surface area contributed by atoms with Crippen LogP contribution in [0.25, 0.3) is 6.08 Å². The number of benzene rings is 3. The average Bonchev–Trinajstić information content (AvgIpc) is 2.91. The Balaban J connectivity index is 2.18. The second-order valence-corrected chi connectivity index (χ2v) is 9.58. The molecular formula is C27H28O8S. The Labute approximate surface area is 210 Å². The smallest absolute Gasteiger partial charge is 0.204 e. The number of methoxy groups -OCH3 is 5. The van der Waals surface area contributed by atoms with Gasteiger partial charge >= 0.3 is 0 Å². The van der Waals surface area contributed by atoms with Gasteiger partial charge in [0.05, 0.1) is 46.9 Å². The third kappa shape index (κ3) is 5.98. The molecular weight excluding hydrogens is 484 g/mol. The Kier molecular flexibility index (Phi) is 8.60. The molecule has 0 amide bonds. The molecule has 0 atom stereocenters. The molecule has 0 aliphatic heterocycles. The molecule has 0 spiro atoms. The second-order valence-electron chi connectivity index (χ2n) is 7.62. The molecule has 0 aromatic heterocycles. The fourth-order valence-corrected chi connectivity index (χ4v) is 4.99. The predicted molar refractivity (Wildman–Crippen MR) is 137 cm³/mol. The van der Waals surface area contributed by atoms with Crippen LogP contribution in [0.15, 0.2) is 65.6 Å². The van der Waals surface area contributed by atoms with E-state index in [-0.39, 0.29) is 22.6 Å². The van der Waals surface area contributed by atoms with E-state index >= 15 is 0 Å². The van der Waals surface area contributed by atoms with Crippen molar-refractivity contribution in [2.45, 2.75) is 5.75 Å². The molecule has 0 heterocycles. The standard InChI is InChI=1S/C27H28O8S/c1-31-20-10-6-18(7-11-20)17-36(29,30)26(27(28)19-8-12-21(32-2)13-9-19)16-23-24(34-4)14-22(33-3)15-25(23)35-5/h6-16H,17H2,1-5H3/b26-16+. The summed E-state index contributed by atoms with van der Waals surface area (Å²) in [4.78, 5) is 13.2. The fraction of sp³-hybridized carbons (Fsp3) is 0.222. The first-order valence-corrected chi connectivity index (χ1v) is 12.5. The minimum atomic E-state index is -4.12. The van der Waals surface area contributed by atoms with Gasteiger partial charge in [0.1, 0.15) is 33.7 Å². The summed E-state index contributed by atoms with van der Waals surface area (Å²) in [5.74, 6) is 1.07. The van der Waals surface area contributed by atoms with Crippen molar-refractivity contribution in [1.82, 2.24) is 0 Å². The number of carbonyl (C=O) groups excluding carboxylic acids is 1. The van der Waals surface area contributed by atoms with Crippen molar-refractivity contribution in [3.05, 3.63) is 82.3 Å². The molecule has 0 fully saturated rings. The van der Waals surface area contributed by atoms with Gasteiger partial charge in [-0.3, -0.25) is 4.79 Å². The lowest BCUT2D eigenvalue weighted by Crippen LogP contribution is -2.16. The van der Waals surface area contributed by atoms with Crippen LogP contribution in [0.5, 0.6) is 28.7 Å². The molecule has 0 saturated heterocycles. The highest BCUT2D eigenvalue weighted by Gasteiger charge is 2.28. The van der Waals surface area contributed by atoms with Gasteiger partial charge < -0.3 is 23.7 Å².